The smallest absolute Gasteiger partial charge is 0.183 e. The summed E-state index contributed by atoms with van der Waals surface area (Å²) < 4.78 is 15.6. The van der Waals surface area contributed by atoms with E-state index in [1.54, 1.807) is 26.0 Å². The van der Waals surface area contributed by atoms with Crippen LogP contribution in [0.3, 0.4) is 0 Å². The van der Waals surface area contributed by atoms with Gasteiger partial charge in [-0.1, -0.05) is 58.0 Å². The molecule has 1 aromatic carbocycles. The SMILES string of the molecule is CC.CCSC1OC(CO)C(O)C(O)C1C.COC(OC)c1ccccc1. The van der Waals surface area contributed by atoms with Gasteiger partial charge in [0.1, 0.15) is 17.6 Å². The van der Waals surface area contributed by atoms with Crippen LogP contribution in [0.4, 0.5) is 0 Å². The van der Waals surface area contributed by atoms with Gasteiger partial charge < -0.3 is 29.5 Å². The van der Waals surface area contributed by atoms with E-state index in [4.69, 9.17) is 19.3 Å². The maximum Gasteiger partial charge on any atom is 0.183 e. The van der Waals surface area contributed by atoms with Crippen molar-refractivity contribution in [2.45, 2.75) is 57.7 Å². The van der Waals surface area contributed by atoms with Crippen molar-refractivity contribution < 1.29 is 29.5 Å². The molecule has 1 saturated heterocycles. The topological polar surface area (TPSA) is 88.4 Å². The molecular weight excluding hydrogens is 368 g/mol. The second-order valence-electron chi connectivity index (χ2n) is 5.74. The summed E-state index contributed by atoms with van der Waals surface area (Å²) in [5.41, 5.74) is 0.896. The number of benzene rings is 1. The minimum absolute atomic E-state index is 0.113. The summed E-state index contributed by atoms with van der Waals surface area (Å²) in [4.78, 5) is 0. The first-order valence-electron chi connectivity index (χ1n) is 9.34. The Balaban J connectivity index is 0.000000469. The van der Waals surface area contributed by atoms with Gasteiger partial charge in [-0.15, -0.1) is 11.8 Å². The molecular formula is C20H36O6S. The highest BCUT2D eigenvalue weighted by atomic mass is 32.2. The Labute approximate surface area is 167 Å². The molecule has 0 bridgehead atoms. The normalized spacial score (nSPS) is 27.3. The highest BCUT2D eigenvalue weighted by molar-refractivity contribution is 7.99. The van der Waals surface area contributed by atoms with Crippen LogP contribution in [0.15, 0.2) is 30.3 Å². The van der Waals surface area contributed by atoms with Gasteiger partial charge in [-0.05, 0) is 5.75 Å². The molecule has 27 heavy (non-hydrogen) atoms. The lowest BCUT2D eigenvalue weighted by Gasteiger charge is -2.40. The van der Waals surface area contributed by atoms with Crippen molar-refractivity contribution in [3.05, 3.63) is 35.9 Å². The standard InChI is InChI=1S/C9H18O4S.C9H12O2.C2H6/c1-3-14-9-5(2)7(11)8(12)6(4-10)13-9;1-10-9(11-2)8-6-4-3-5-7-8;1-2/h5-12H,3-4H2,1-2H3;3-7,9H,1-2H3;1-2H3. The Morgan fingerprint density at radius 2 is 1.63 bits per heavy atom. The summed E-state index contributed by atoms with van der Waals surface area (Å²) in [6.45, 7) is 7.59. The predicted octanol–water partition coefficient (Wildman–Crippen LogP) is 2.82. The van der Waals surface area contributed by atoms with E-state index in [0.29, 0.717) is 0 Å². The first-order valence-corrected chi connectivity index (χ1v) is 10.4. The quantitative estimate of drug-likeness (QED) is 0.628. The second kappa shape index (κ2) is 15.3. The molecule has 1 fully saturated rings. The van der Waals surface area contributed by atoms with Crippen molar-refractivity contribution in [3.8, 4) is 0 Å². The first kappa shape index (κ1) is 26.3. The third kappa shape index (κ3) is 8.48. The number of methoxy groups -OCH3 is 2. The monoisotopic (exact) mass is 404 g/mol. The molecule has 0 aliphatic carbocycles. The van der Waals surface area contributed by atoms with Gasteiger partial charge in [0.05, 0.1) is 12.7 Å². The summed E-state index contributed by atoms with van der Waals surface area (Å²) >= 11 is 1.58. The van der Waals surface area contributed by atoms with Gasteiger partial charge in [0.2, 0.25) is 0 Å². The fourth-order valence-electron chi connectivity index (χ4n) is 2.55. The van der Waals surface area contributed by atoms with Crippen molar-refractivity contribution in [1.29, 1.82) is 0 Å². The van der Waals surface area contributed by atoms with Gasteiger partial charge in [-0.25, -0.2) is 0 Å². The second-order valence-corrected chi connectivity index (χ2v) is 7.11. The molecule has 0 radical (unpaired) electrons. The van der Waals surface area contributed by atoms with E-state index >= 15 is 0 Å². The number of ether oxygens (including phenoxy) is 3. The molecule has 5 unspecified atom stereocenters. The summed E-state index contributed by atoms with van der Waals surface area (Å²) in [6.07, 6.45) is -2.70. The third-order valence-electron chi connectivity index (χ3n) is 4.02. The van der Waals surface area contributed by atoms with Crippen LogP contribution in [0, 0.1) is 5.92 Å². The average Bonchev–Trinajstić information content (AvgIpc) is 2.72. The maximum absolute atomic E-state index is 9.69. The van der Waals surface area contributed by atoms with E-state index in [1.807, 2.05) is 58.0 Å². The lowest BCUT2D eigenvalue weighted by Crippen LogP contribution is -2.53. The Kier molecular flexibility index (Phi) is 14.9. The molecule has 0 amide bonds. The molecule has 1 heterocycles. The number of thioether (sulfide) groups is 1. The molecule has 0 saturated carbocycles. The van der Waals surface area contributed by atoms with Crippen LogP contribution in [0.1, 0.15) is 39.5 Å². The molecule has 0 spiro atoms. The maximum atomic E-state index is 9.69. The van der Waals surface area contributed by atoms with Crippen molar-refractivity contribution in [3.63, 3.8) is 0 Å². The molecule has 1 aliphatic rings. The van der Waals surface area contributed by atoms with Crippen LogP contribution in [-0.2, 0) is 14.2 Å². The van der Waals surface area contributed by atoms with E-state index in [1.165, 1.54) is 0 Å². The highest BCUT2D eigenvalue weighted by Gasteiger charge is 2.41. The van der Waals surface area contributed by atoms with E-state index in [-0.39, 0.29) is 24.3 Å². The van der Waals surface area contributed by atoms with Crippen LogP contribution in [0.25, 0.3) is 0 Å². The van der Waals surface area contributed by atoms with Crippen LogP contribution >= 0.6 is 11.8 Å². The molecule has 3 N–H and O–H groups in total. The van der Waals surface area contributed by atoms with E-state index in [9.17, 15) is 10.2 Å². The van der Waals surface area contributed by atoms with Crippen molar-refractivity contribution in [1.82, 2.24) is 0 Å². The van der Waals surface area contributed by atoms with Gasteiger partial charge in [0.25, 0.3) is 0 Å². The minimum Gasteiger partial charge on any atom is -0.394 e. The average molecular weight is 405 g/mol. The number of hydrogen-bond donors (Lipinski definition) is 3. The zero-order chi connectivity index (χ0) is 20.8. The molecule has 6 nitrogen and oxygen atoms in total. The highest BCUT2D eigenvalue weighted by Crippen LogP contribution is 2.32. The fourth-order valence-corrected chi connectivity index (χ4v) is 3.57. The molecule has 2 rings (SSSR count). The Morgan fingerprint density at radius 3 is 2.07 bits per heavy atom. The zero-order valence-electron chi connectivity index (χ0n) is 17.2. The number of aliphatic hydroxyl groups is 3. The third-order valence-corrected chi connectivity index (χ3v) is 5.22. The van der Waals surface area contributed by atoms with Gasteiger partial charge >= 0.3 is 0 Å². The van der Waals surface area contributed by atoms with Gasteiger partial charge in [0.15, 0.2) is 6.29 Å². The van der Waals surface area contributed by atoms with Crippen LogP contribution in [-0.4, -0.2) is 65.6 Å². The lowest BCUT2D eigenvalue weighted by atomic mass is 9.94. The summed E-state index contributed by atoms with van der Waals surface area (Å²) in [5.74, 6) is 0.772. The van der Waals surface area contributed by atoms with Gasteiger partial charge in [-0.2, -0.15) is 0 Å². The van der Waals surface area contributed by atoms with Crippen LogP contribution in [0.2, 0.25) is 0 Å². The molecule has 7 heteroatoms. The summed E-state index contributed by atoms with van der Waals surface area (Å²) in [6, 6.07) is 9.82. The summed E-state index contributed by atoms with van der Waals surface area (Å²) in [5, 5.41) is 28.2. The molecule has 158 valence electrons. The van der Waals surface area contributed by atoms with Crippen molar-refractivity contribution >= 4 is 11.8 Å². The van der Waals surface area contributed by atoms with Gasteiger partial charge in [0, 0.05) is 25.7 Å². The lowest BCUT2D eigenvalue weighted by molar-refractivity contribution is -0.181. The number of rotatable bonds is 6. The molecule has 0 aromatic heterocycles. The van der Waals surface area contributed by atoms with E-state index in [0.717, 1.165) is 11.3 Å². The molecule has 5 atom stereocenters. The Bertz CT molecular complexity index is 453. The fraction of sp³-hybridized carbons (Fsp3) is 0.700. The van der Waals surface area contributed by atoms with E-state index < -0.39 is 18.3 Å². The van der Waals surface area contributed by atoms with Crippen molar-refractivity contribution in [2.75, 3.05) is 26.6 Å². The zero-order valence-corrected chi connectivity index (χ0v) is 18.1. The first-order chi connectivity index (χ1) is 13.0. The number of aliphatic hydroxyl groups excluding tert-OH is 3. The van der Waals surface area contributed by atoms with Crippen LogP contribution in [0.5, 0.6) is 0 Å². The Morgan fingerprint density at radius 1 is 1.07 bits per heavy atom. The van der Waals surface area contributed by atoms with E-state index in [2.05, 4.69) is 0 Å². The van der Waals surface area contributed by atoms with Crippen molar-refractivity contribution in [2.24, 2.45) is 5.92 Å². The summed E-state index contributed by atoms with van der Waals surface area (Å²) in [7, 11) is 3.25. The number of hydrogen-bond acceptors (Lipinski definition) is 7. The van der Waals surface area contributed by atoms with Gasteiger partial charge in [-0.3, -0.25) is 0 Å². The largest absolute Gasteiger partial charge is 0.394 e. The van der Waals surface area contributed by atoms with Crippen LogP contribution < -0.4 is 0 Å². The predicted molar refractivity (Wildman–Crippen MR) is 110 cm³/mol. The molecule has 1 aromatic rings. The Hall–Kier alpha value is -0.670. The molecule has 1 aliphatic heterocycles. The minimum atomic E-state index is -0.983.